The summed E-state index contributed by atoms with van der Waals surface area (Å²) in [6.45, 7) is 6.00. The van der Waals surface area contributed by atoms with Crippen molar-refractivity contribution in [2.24, 2.45) is 0 Å². The smallest absolute Gasteiger partial charge is 0.131 e. The molecule has 3 rings (SSSR count). The Balaban J connectivity index is 1.90. The van der Waals surface area contributed by atoms with E-state index in [1.54, 1.807) is 0 Å². The second kappa shape index (κ2) is 11.5. The van der Waals surface area contributed by atoms with Gasteiger partial charge in [0.1, 0.15) is 11.5 Å². The SMILES string of the molecule is CCCCCCOc1c2c(c(OCCCCCC)c3ccccc13)CC(Cl)=CC2. The average Bonchev–Trinajstić information content (AvgIpc) is 2.74. The second-order valence-electron chi connectivity index (χ2n) is 8.01. The Hall–Kier alpha value is -1.67. The Morgan fingerprint density at radius 2 is 1.31 bits per heavy atom. The summed E-state index contributed by atoms with van der Waals surface area (Å²) in [5.41, 5.74) is 2.47. The van der Waals surface area contributed by atoms with Crippen LogP contribution in [-0.2, 0) is 12.8 Å². The number of ether oxygens (including phenoxy) is 2. The van der Waals surface area contributed by atoms with Crippen LogP contribution in [0.2, 0.25) is 0 Å². The number of benzene rings is 2. The van der Waals surface area contributed by atoms with E-state index in [1.165, 1.54) is 49.7 Å². The number of hydrogen-bond acceptors (Lipinski definition) is 2. The van der Waals surface area contributed by atoms with Crippen molar-refractivity contribution in [1.29, 1.82) is 0 Å². The maximum absolute atomic E-state index is 6.45. The summed E-state index contributed by atoms with van der Waals surface area (Å²) in [5.74, 6) is 2.04. The van der Waals surface area contributed by atoms with Crippen LogP contribution in [0, 0.1) is 0 Å². The van der Waals surface area contributed by atoms with Gasteiger partial charge in [0.05, 0.1) is 13.2 Å². The standard InChI is InChI=1S/C26H35ClO2/c1-3-5-7-11-17-28-25-21-13-9-10-14-22(21)26(29-18-12-8-6-4-2)24-19-20(27)15-16-23(24)25/h9-10,13-15H,3-8,11-12,16-19H2,1-2H3. The van der Waals surface area contributed by atoms with Gasteiger partial charge in [-0.25, -0.2) is 0 Å². The van der Waals surface area contributed by atoms with Crippen molar-refractivity contribution in [3.8, 4) is 11.5 Å². The molecule has 0 aliphatic heterocycles. The summed E-state index contributed by atoms with van der Waals surface area (Å²) in [7, 11) is 0. The van der Waals surface area contributed by atoms with E-state index in [0.29, 0.717) is 0 Å². The summed E-state index contributed by atoms with van der Waals surface area (Å²) >= 11 is 6.45. The van der Waals surface area contributed by atoms with E-state index in [4.69, 9.17) is 21.1 Å². The minimum absolute atomic E-state index is 0.734. The van der Waals surface area contributed by atoms with Crippen LogP contribution in [0.5, 0.6) is 11.5 Å². The van der Waals surface area contributed by atoms with Gasteiger partial charge < -0.3 is 9.47 Å². The van der Waals surface area contributed by atoms with Crippen molar-refractivity contribution in [3.63, 3.8) is 0 Å². The Bertz CT molecular complexity index is 825. The maximum atomic E-state index is 6.45. The summed E-state index contributed by atoms with van der Waals surface area (Å²) in [4.78, 5) is 0. The fourth-order valence-electron chi connectivity index (χ4n) is 4.07. The molecule has 3 heteroatoms. The Morgan fingerprint density at radius 1 is 0.759 bits per heavy atom. The molecule has 0 bridgehead atoms. The lowest BCUT2D eigenvalue weighted by molar-refractivity contribution is 0.297. The molecule has 0 N–H and O–H groups in total. The first-order valence-corrected chi connectivity index (χ1v) is 11.8. The molecule has 0 saturated heterocycles. The van der Waals surface area contributed by atoms with Crippen molar-refractivity contribution < 1.29 is 9.47 Å². The summed E-state index contributed by atoms with van der Waals surface area (Å²) in [5, 5.41) is 3.21. The summed E-state index contributed by atoms with van der Waals surface area (Å²) in [6.07, 6.45) is 13.3. The third-order valence-electron chi connectivity index (χ3n) is 5.69. The predicted octanol–water partition coefficient (Wildman–Crippen LogP) is 7.98. The number of hydrogen-bond donors (Lipinski definition) is 0. The molecular weight excluding hydrogens is 380 g/mol. The van der Waals surface area contributed by atoms with E-state index in [0.717, 1.165) is 66.2 Å². The van der Waals surface area contributed by atoms with E-state index < -0.39 is 0 Å². The van der Waals surface area contributed by atoms with E-state index in [-0.39, 0.29) is 0 Å². The van der Waals surface area contributed by atoms with Crippen molar-refractivity contribution in [2.45, 2.75) is 78.1 Å². The van der Waals surface area contributed by atoms with Gasteiger partial charge in [-0.2, -0.15) is 0 Å². The molecule has 0 atom stereocenters. The van der Waals surface area contributed by atoms with Gasteiger partial charge in [-0.05, 0) is 19.3 Å². The molecule has 2 nitrogen and oxygen atoms in total. The maximum Gasteiger partial charge on any atom is 0.131 e. The van der Waals surface area contributed by atoms with Crippen molar-refractivity contribution in [2.75, 3.05) is 13.2 Å². The lowest BCUT2D eigenvalue weighted by Crippen LogP contribution is -2.10. The lowest BCUT2D eigenvalue weighted by Gasteiger charge is -2.24. The van der Waals surface area contributed by atoms with Gasteiger partial charge in [0.25, 0.3) is 0 Å². The molecule has 0 fully saturated rings. The second-order valence-corrected chi connectivity index (χ2v) is 8.50. The largest absolute Gasteiger partial charge is 0.493 e. The molecule has 0 spiro atoms. The Kier molecular flexibility index (Phi) is 8.73. The van der Waals surface area contributed by atoms with Crippen LogP contribution in [0.3, 0.4) is 0 Å². The number of unbranched alkanes of at least 4 members (excludes halogenated alkanes) is 6. The lowest BCUT2D eigenvalue weighted by atomic mass is 9.90. The molecule has 1 aliphatic rings. The molecule has 0 saturated carbocycles. The Morgan fingerprint density at radius 3 is 1.86 bits per heavy atom. The number of rotatable bonds is 12. The van der Waals surface area contributed by atoms with Crippen LogP contribution in [-0.4, -0.2) is 13.2 Å². The highest BCUT2D eigenvalue weighted by atomic mass is 35.5. The van der Waals surface area contributed by atoms with Crippen molar-refractivity contribution >= 4 is 22.4 Å². The highest BCUT2D eigenvalue weighted by Crippen LogP contribution is 2.44. The van der Waals surface area contributed by atoms with Gasteiger partial charge >= 0.3 is 0 Å². The molecule has 2 aromatic carbocycles. The monoisotopic (exact) mass is 414 g/mol. The topological polar surface area (TPSA) is 18.5 Å². The molecular formula is C26H35ClO2. The fourth-order valence-corrected chi connectivity index (χ4v) is 4.28. The molecule has 0 heterocycles. The molecule has 0 amide bonds. The first-order valence-electron chi connectivity index (χ1n) is 11.4. The van der Waals surface area contributed by atoms with Crippen molar-refractivity contribution in [3.05, 3.63) is 46.5 Å². The zero-order valence-corrected chi connectivity index (χ0v) is 18.8. The zero-order valence-electron chi connectivity index (χ0n) is 18.1. The summed E-state index contributed by atoms with van der Waals surface area (Å²) in [6, 6.07) is 8.51. The van der Waals surface area contributed by atoms with E-state index >= 15 is 0 Å². The minimum Gasteiger partial charge on any atom is -0.493 e. The molecule has 158 valence electrons. The van der Waals surface area contributed by atoms with Gasteiger partial charge in [-0.15, -0.1) is 0 Å². The normalized spacial score (nSPS) is 13.3. The highest BCUT2D eigenvalue weighted by Gasteiger charge is 2.24. The number of halogens is 1. The molecule has 29 heavy (non-hydrogen) atoms. The van der Waals surface area contributed by atoms with Gasteiger partial charge in [0.15, 0.2) is 0 Å². The van der Waals surface area contributed by atoms with E-state index in [2.05, 4.69) is 44.2 Å². The average molecular weight is 415 g/mol. The predicted molar refractivity (Wildman–Crippen MR) is 125 cm³/mol. The van der Waals surface area contributed by atoms with E-state index in [9.17, 15) is 0 Å². The molecule has 1 aliphatic carbocycles. The van der Waals surface area contributed by atoms with Crippen LogP contribution in [0.25, 0.3) is 10.8 Å². The van der Waals surface area contributed by atoms with Gasteiger partial charge in [0.2, 0.25) is 0 Å². The molecule has 0 aromatic heterocycles. The first-order chi connectivity index (χ1) is 14.3. The van der Waals surface area contributed by atoms with Crippen LogP contribution >= 0.6 is 11.6 Å². The first kappa shape index (κ1) is 22.0. The molecule has 0 radical (unpaired) electrons. The number of allylic oxidation sites excluding steroid dienone is 2. The minimum atomic E-state index is 0.734. The van der Waals surface area contributed by atoms with Crippen LogP contribution in [0.4, 0.5) is 0 Å². The molecule has 0 unspecified atom stereocenters. The van der Waals surface area contributed by atoms with Gasteiger partial charge in [-0.3, -0.25) is 0 Å². The number of fused-ring (bicyclic) bond motifs is 2. The van der Waals surface area contributed by atoms with Crippen LogP contribution in [0.1, 0.15) is 76.3 Å². The van der Waals surface area contributed by atoms with Crippen LogP contribution in [0.15, 0.2) is 35.4 Å². The van der Waals surface area contributed by atoms with Crippen molar-refractivity contribution in [1.82, 2.24) is 0 Å². The highest BCUT2D eigenvalue weighted by molar-refractivity contribution is 6.30. The zero-order chi connectivity index (χ0) is 20.5. The van der Waals surface area contributed by atoms with Crippen LogP contribution < -0.4 is 9.47 Å². The van der Waals surface area contributed by atoms with Gasteiger partial charge in [0, 0.05) is 33.4 Å². The fraction of sp³-hybridized carbons (Fsp3) is 0.538. The Labute approximate surface area is 181 Å². The van der Waals surface area contributed by atoms with E-state index in [1.807, 2.05) is 0 Å². The quantitative estimate of drug-likeness (QED) is 0.327. The third-order valence-corrected chi connectivity index (χ3v) is 5.98. The third kappa shape index (κ3) is 5.69. The van der Waals surface area contributed by atoms with Gasteiger partial charge in [-0.1, -0.05) is 94.3 Å². The summed E-state index contributed by atoms with van der Waals surface area (Å²) < 4.78 is 12.8. The molecule has 2 aromatic rings.